The Labute approximate surface area is 149 Å². The number of fused-ring (bicyclic) bond motifs is 1. The minimum Gasteiger partial charge on any atom is -0.354 e. The fourth-order valence-electron chi connectivity index (χ4n) is 3.45. The van der Waals surface area contributed by atoms with Crippen LogP contribution in [-0.4, -0.2) is 42.7 Å². The molecule has 7 heteroatoms. The van der Waals surface area contributed by atoms with Gasteiger partial charge in [-0.25, -0.2) is 4.98 Å². The summed E-state index contributed by atoms with van der Waals surface area (Å²) in [6.07, 6.45) is 2.36. The molecule has 0 spiro atoms. The van der Waals surface area contributed by atoms with E-state index in [9.17, 15) is 4.79 Å². The van der Waals surface area contributed by atoms with E-state index < -0.39 is 0 Å². The third-order valence-corrected chi connectivity index (χ3v) is 4.66. The molecule has 1 aliphatic heterocycles. The maximum Gasteiger partial charge on any atom is 0.226 e. The third-order valence-electron chi connectivity index (χ3n) is 4.66. The molecule has 0 saturated carbocycles. The van der Waals surface area contributed by atoms with Gasteiger partial charge in [-0.2, -0.15) is 5.10 Å². The van der Waals surface area contributed by atoms with Crippen LogP contribution in [0.3, 0.4) is 0 Å². The van der Waals surface area contributed by atoms with Crippen molar-refractivity contribution in [1.29, 1.82) is 0 Å². The fraction of sp³-hybridized carbons (Fsp3) is 0.611. The van der Waals surface area contributed by atoms with Gasteiger partial charge >= 0.3 is 0 Å². The predicted octanol–water partition coefficient (Wildman–Crippen LogP) is 1.57. The number of amides is 1. The number of nitrogens with one attached hydrogen (secondary N) is 1. The van der Waals surface area contributed by atoms with Crippen LogP contribution in [-0.2, 0) is 31.4 Å². The second-order valence-corrected chi connectivity index (χ2v) is 7.23. The van der Waals surface area contributed by atoms with Crippen LogP contribution in [0.5, 0.6) is 0 Å². The van der Waals surface area contributed by atoms with Gasteiger partial charge in [0.15, 0.2) is 0 Å². The van der Waals surface area contributed by atoms with Crippen LogP contribution in [0.2, 0.25) is 0 Å². The molecule has 3 heterocycles. The van der Waals surface area contributed by atoms with Crippen molar-refractivity contribution in [3.8, 4) is 0 Å². The van der Waals surface area contributed by atoms with Gasteiger partial charge in [-0.05, 0) is 33.8 Å². The van der Waals surface area contributed by atoms with Gasteiger partial charge in [0, 0.05) is 38.9 Å². The summed E-state index contributed by atoms with van der Waals surface area (Å²) in [6.45, 7) is 10.9. The van der Waals surface area contributed by atoms with Crippen molar-refractivity contribution in [1.82, 2.24) is 29.5 Å². The van der Waals surface area contributed by atoms with Gasteiger partial charge < -0.3 is 9.88 Å². The molecule has 7 nitrogen and oxygen atoms in total. The zero-order valence-electron chi connectivity index (χ0n) is 15.8. The number of nitrogens with zero attached hydrogens (tertiary/aromatic N) is 5. The van der Waals surface area contributed by atoms with Crippen LogP contribution < -0.4 is 5.32 Å². The van der Waals surface area contributed by atoms with Crippen LogP contribution in [0.25, 0.3) is 0 Å². The first-order valence-electron chi connectivity index (χ1n) is 8.92. The monoisotopic (exact) mass is 344 g/mol. The highest BCUT2D eigenvalue weighted by atomic mass is 16.1. The predicted molar refractivity (Wildman–Crippen MR) is 96.0 cm³/mol. The summed E-state index contributed by atoms with van der Waals surface area (Å²) in [7, 11) is 1.99. The molecule has 1 amide bonds. The fourth-order valence-corrected chi connectivity index (χ4v) is 3.45. The number of carbonyl (C=O) groups is 1. The molecule has 1 atom stereocenters. The molecular weight excluding hydrogens is 316 g/mol. The largest absolute Gasteiger partial charge is 0.354 e. The van der Waals surface area contributed by atoms with Crippen molar-refractivity contribution in [3.63, 3.8) is 0 Å². The van der Waals surface area contributed by atoms with E-state index in [1.807, 2.05) is 38.7 Å². The molecule has 1 aliphatic rings. The Kier molecular flexibility index (Phi) is 4.94. The summed E-state index contributed by atoms with van der Waals surface area (Å²) in [6, 6.07) is 2.50. The van der Waals surface area contributed by atoms with Crippen LogP contribution in [0.4, 0.5) is 0 Å². The van der Waals surface area contributed by atoms with Crippen LogP contribution in [0.1, 0.15) is 49.7 Å². The van der Waals surface area contributed by atoms with Gasteiger partial charge in [0.25, 0.3) is 0 Å². The molecule has 0 bridgehead atoms. The Morgan fingerprint density at radius 2 is 2.16 bits per heavy atom. The van der Waals surface area contributed by atoms with Gasteiger partial charge in [0.2, 0.25) is 5.91 Å². The van der Waals surface area contributed by atoms with Crippen molar-refractivity contribution in [2.75, 3.05) is 6.54 Å². The summed E-state index contributed by atoms with van der Waals surface area (Å²) in [5, 5.41) is 7.36. The lowest BCUT2D eigenvalue weighted by molar-refractivity contribution is -0.120. The van der Waals surface area contributed by atoms with Gasteiger partial charge in [-0.15, -0.1) is 0 Å². The lowest BCUT2D eigenvalue weighted by Gasteiger charge is -2.33. The van der Waals surface area contributed by atoms with E-state index in [1.165, 1.54) is 5.69 Å². The minimum atomic E-state index is 0.0281. The second-order valence-electron chi connectivity index (χ2n) is 7.23. The maximum atomic E-state index is 12.0. The first kappa shape index (κ1) is 17.7. The lowest BCUT2D eigenvalue weighted by Crippen LogP contribution is -2.36. The van der Waals surface area contributed by atoms with Gasteiger partial charge in [-0.1, -0.05) is 0 Å². The normalized spacial score (nSPS) is 17.8. The molecule has 136 valence electrons. The SMILES string of the molecule is Cc1cc(CN2CCn3cc(CC(=O)NC(C)C)nc3[C@@H]2C)n(C)n1. The van der Waals surface area contributed by atoms with E-state index in [-0.39, 0.29) is 18.0 Å². The number of carbonyl (C=O) groups excluding carboxylic acids is 1. The first-order chi connectivity index (χ1) is 11.8. The Morgan fingerprint density at radius 3 is 2.80 bits per heavy atom. The van der Waals surface area contributed by atoms with E-state index in [2.05, 4.69) is 32.9 Å². The van der Waals surface area contributed by atoms with Crippen molar-refractivity contribution in [3.05, 3.63) is 35.2 Å². The molecule has 1 N–H and O–H groups in total. The molecular formula is C18H28N6O. The number of hydrogen-bond donors (Lipinski definition) is 1. The molecule has 0 aromatic carbocycles. The molecule has 0 radical (unpaired) electrons. The van der Waals surface area contributed by atoms with Crippen LogP contribution >= 0.6 is 0 Å². The molecule has 0 unspecified atom stereocenters. The van der Waals surface area contributed by atoms with E-state index in [0.717, 1.165) is 36.8 Å². The van der Waals surface area contributed by atoms with E-state index in [1.54, 1.807) is 0 Å². The topological polar surface area (TPSA) is 68.0 Å². The average Bonchev–Trinajstić information content (AvgIpc) is 3.04. The van der Waals surface area contributed by atoms with E-state index in [4.69, 9.17) is 4.98 Å². The van der Waals surface area contributed by atoms with Gasteiger partial charge in [0.1, 0.15) is 5.82 Å². The van der Waals surface area contributed by atoms with Crippen molar-refractivity contribution < 1.29 is 4.79 Å². The van der Waals surface area contributed by atoms with Crippen molar-refractivity contribution in [2.45, 2.75) is 59.3 Å². The highest BCUT2D eigenvalue weighted by molar-refractivity contribution is 5.78. The van der Waals surface area contributed by atoms with Crippen molar-refractivity contribution in [2.24, 2.45) is 7.05 Å². The molecule has 2 aromatic rings. The first-order valence-corrected chi connectivity index (χ1v) is 8.92. The highest BCUT2D eigenvalue weighted by Gasteiger charge is 2.27. The number of hydrogen-bond acceptors (Lipinski definition) is 4. The smallest absolute Gasteiger partial charge is 0.226 e. The third kappa shape index (κ3) is 3.92. The molecule has 0 saturated heterocycles. The second kappa shape index (κ2) is 7.00. The Balaban J connectivity index is 1.71. The summed E-state index contributed by atoms with van der Waals surface area (Å²) >= 11 is 0. The zero-order valence-corrected chi connectivity index (χ0v) is 15.8. The average molecular weight is 344 g/mol. The van der Waals surface area contributed by atoms with Gasteiger partial charge in [-0.3, -0.25) is 14.4 Å². The Bertz CT molecular complexity index is 760. The van der Waals surface area contributed by atoms with Crippen LogP contribution in [0.15, 0.2) is 12.3 Å². The Morgan fingerprint density at radius 1 is 1.40 bits per heavy atom. The summed E-state index contributed by atoms with van der Waals surface area (Å²) in [4.78, 5) is 19.1. The highest BCUT2D eigenvalue weighted by Crippen LogP contribution is 2.26. The van der Waals surface area contributed by atoms with Crippen molar-refractivity contribution >= 4 is 5.91 Å². The quantitative estimate of drug-likeness (QED) is 0.894. The van der Waals surface area contributed by atoms with Gasteiger partial charge in [0.05, 0.1) is 29.5 Å². The molecule has 0 aliphatic carbocycles. The zero-order chi connectivity index (χ0) is 18.1. The van der Waals surface area contributed by atoms with Crippen LogP contribution in [0, 0.1) is 6.92 Å². The molecule has 3 rings (SSSR count). The number of imidazole rings is 1. The van der Waals surface area contributed by atoms with E-state index >= 15 is 0 Å². The standard InChI is InChI=1S/C18H28N6O/c1-12(2)19-17(25)9-15-10-24-7-6-23(14(4)18(24)20-15)11-16-8-13(3)21-22(16)5/h8,10,12,14H,6-7,9,11H2,1-5H3,(H,19,25)/t14-/m0/s1. The van der Waals surface area contributed by atoms with E-state index in [0.29, 0.717) is 6.42 Å². The minimum absolute atomic E-state index is 0.0281. The maximum absolute atomic E-state index is 12.0. The number of aromatic nitrogens is 4. The summed E-state index contributed by atoms with van der Waals surface area (Å²) in [5.41, 5.74) is 3.10. The number of rotatable bonds is 5. The molecule has 0 fully saturated rings. The summed E-state index contributed by atoms with van der Waals surface area (Å²) in [5.74, 6) is 1.07. The molecule has 2 aromatic heterocycles. The lowest BCUT2D eigenvalue weighted by atomic mass is 10.2. The Hall–Kier alpha value is -2.15. The summed E-state index contributed by atoms with van der Waals surface area (Å²) < 4.78 is 4.14. The number of aryl methyl sites for hydroxylation is 2. The molecule has 25 heavy (non-hydrogen) atoms.